The second kappa shape index (κ2) is 8.31. The maximum absolute atomic E-state index is 12.9. The van der Waals surface area contributed by atoms with E-state index in [4.69, 9.17) is 22.1 Å². The van der Waals surface area contributed by atoms with E-state index in [1.54, 1.807) is 12.1 Å². The summed E-state index contributed by atoms with van der Waals surface area (Å²) in [6.07, 6.45) is 0.627. The number of carbonyl (C=O) groups excluding carboxylic acids is 2. The number of amides is 1. The van der Waals surface area contributed by atoms with Gasteiger partial charge >= 0.3 is 5.97 Å². The second-order valence-corrected chi connectivity index (χ2v) is 5.47. The SMILES string of the molecule is Nc1cc(F)ccc1C(=O)OCC(=O)NCCc1ccc(Cl)cc1. The summed E-state index contributed by atoms with van der Waals surface area (Å²) in [5.41, 5.74) is 6.54. The zero-order chi connectivity index (χ0) is 17.5. The zero-order valence-corrected chi connectivity index (χ0v) is 13.5. The van der Waals surface area contributed by atoms with Crippen LogP contribution in [0.15, 0.2) is 42.5 Å². The summed E-state index contributed by atoms with van der Waals surface area (Å²) < 4.78 is 17.8. The second-order valence-electron chi connectivity index (χ2n) is 5.03. The molecule has 0 aliphatic rings. The molecule has 0 atom stereocenters. The fraction of sp³-hybridized carbons (Fsp3) is 0.176. The molecule has 2 rings (SSSR count). The molecule has 2 aromatic carbocycles. The first-order valence-electron chi connectivity index (χ1n) is 7.19. The highest BCUT2D eigenvalue weighted by atomic mass is 35.5. The van der Waals surface area contributed by atoms with Crippen molar-refractivity contribution in [2.45, 2.75) is 6.42 Å². The number of hydrogen-bond donors (Lipinski definition) is 2. The van der Waals surface area contributed by atoms with E-state index in [9.17, 15) is 14.0 Å². The largest absolute Gasteiger partial charge is 0.452 e. The van der Waals surface area contributed by atoms with Gasteiger partial charge in [0, 0.05) is 17.3 Å². The van der Waals surface area contributed by atoms with Crippen LogP contribution in [0.2, 0.25) is 5.02 Å². The molecular weight excluding hydrogens is 335 g/mol. The van der Waals surface area contributed by atoms with Crippen LogP contribution in [-0.4, -0.2) is 25.0 Å². The van der Waals surface area contributed by atoms with Crippen LogP contribution in [0.1, 0.15) is 15.9 Å². The lowest BCUT2D eigenvalue weighted by atomic mass is 10.1. The normalized spacial score (nSPS) is 10.2. The third-order valence-electron chi connectivity index (χ3n) is 3.22. The molecule has 0 bridgehead atoms. The number of rotatable bonds is 6. The van der Waals surface area contributed by atoms with E-state index in [0.717, 1.165) is 17.7 Å². The molecule has 7 heteroatoms. The van der Waals surface area contributed by atoms with Crippen molar-refractivity contribution in [2.75, 3.05) is 18.9 Å². The van der Waals surface area contributed by atoms with E-state index in [-0.39, 0.29) is 11.3 Å². The highest BCUT2D eigenvalue weighted by Gasteiger charge is 2.13. The topological polar surface area (TPSA) is 81.4 Å². The quantitative estimate of drug-likeness (QED) is 0.619. The van der Waals surface area contributed by atoms with Crippen molar-refractivity contribution >= 4 is 29.2 Å². The molecule has 24 heavy (non-hydrogen) atoms. The molecule has 126 valence electrons. The van der Waals surface area contributed by atoms with Crippen LogP contribution in [0.5, 0.6) is 0 Å². The minimum Gasteiger partial charge on any atom is -0.452 e. The fourth-order valence-corrected chi connectivity index (χ4v) is 2.10. The van der Waals surface area contributed by atoms with Crippen molar-refractivity contribution in [3.63, 3.8) is 0 Å². The maximum atomic E-state index is 12.9. The Kier molecular flexibility index (Phi) is 6.14. The van der Waals surface area contributed by atoms with Gasteiger partial charge in [-0.3, -0.25) is 4.79 Å². The molecule has 0 spiro atoms. The first-order chi connectivity index (χ1) is 11.5. The van der Waals surface area contributed by atoms with Crippen LogP contribution in [-0.2, 0) is 16.0 Å². The predicted octanol–water partition coefficient (Wildman–Crippen LogP) is 2.58. The predicted molar refractivity (Wildman–Crippen MR) is 89.3 cm³/mol. The number of nitrogens with two attached hydrogens (primary N) is 1. The summed E-state index contributed by atoms with van der Waals surface area (Å²) in [5.74, 6) is -1.76. The number of carbonyl (C=O) groups is 2. The monoisotopic (exact) mass is 350 g/mol. The van der Waals surface area contributed by atoms with Crippen LogP contribution >= 0.6 is 11.6 Å². The van der Waals surface area contributed by atoms with E-state index in [1.165, 1.54) is 6.07 Å². The van der Waals surface area contributed by atoms with Crippen LogP contribution in [0.3, 0.4) is 0 Å². The Labute approximate surface area is 143 Å². The van der Waals surface area contributed by atoms with Gasteiger partial charge in [0.05, 0.1) is 5.56 Å². The minimum atomic E-state index is -0.777. The molecule has 3 N–H and O–H groups in total. The van der Waals surface area contributed by atoms with E-state index in [0.29, 0.717) is 18.0 Å². The smallest absolute Gasteiger partial charge is 0.340 e. The van der Waals surface area contributed by atoms with Gasteiger partial charge < -0.3 is 15.8 Å². The van der Waals surface area contributed by atoms with Crippen LogP contribution < -0.4 is 11.1 Å². The Balaban J connectivity index is 1.74. The molecule has 0 aliphatic heterocycles. The first kappa shape index (κ1) is 17.7. The van der Waals surface area contributed by atoms with Gasteiger partial charge in [0.2, 0.25) is 0 Å². The standard InChI is InChI=1S/C17H16ClFN2O3/c18-12-3-1-11(2-4-12)7-8-21-16(22)10-24-17(23)14-6-5-13(19)9-15(14)20/h1-6,9H,7-8,10,20H2,(H,21,22). The van der Waals surface area contributed by atoms with Gasteiger partial charge in [-0.25, -0.2) is 9.18 Å². The number of hydrogen-bond acceptors (Lipinski definition) is 4. The average Bonchev–Trinajstić information content (AvgIpc) is 2.54. The summed E-state index contributed by atoms with van der Waals surface area (Å²) >= 11 is 5.79. The maximum Gasteiger partial charge on any atom is 0.340 e. The summed E-state index contributed by atoms with van der Waals surface area (Å²) in [6, 6.07) is 10.6. The molecule has 1 amide bonds. The molecule has 2 aromatic rings. The van der Waals surface area contributed by atoms with Crippen molar-refractivity contribution in [1.82, 2.24) is 5.32 Å². The number of benzene rings is 2. The fourth-order valence-electron chi connectivity index (χ4n) is 1.98. The Morgan fingerprint density at radius 3 is 2.54 bits per heavy atom. The van der Waals surface area contributed by atoms with Gasteiger partial charge in [-0.1, -0.05) is 23.7 Å². The van der Waals surface area contributed by atoms with E-state index >= 15 is 0 Å². The van der Waals surface area contributed by atoms with Crippen LogP contribution in [0, 0.1) is 5.82 Å². The molecule has 0 saturated heterocycles. The first-order valence-corrected chi connectivity index (χ1v) is 7.57. The highest BCUT2D eigenvalue weighted by molar-refractivity contribution is 6.30. The zero-order valence-electron chi connectivity index (χ0n) is 12.7. The summed E-state index contributed by atoms with van der Waals surface area (Å²) in [5, 5.41) is 3.28. The van der Waals surface area contributed by atoms with Gasteiger partial charge in [-0.05, 0) is 42.3 Å². The third-order valence-corrected chi connectivity index (χ3v) is 3.47. The molecule has 0 fully saturated rings. The molecular formula is C17H16ClFN2O3. The minimum absolute atomic E-state index is 0.0189. The van der Waals surface area contributed by atoms with E-state index < -0.39 is 24.3 Å². The Bertz CT molecular complexity index is 735. The van der Waals surface area contributed by atoms with Crippen molar-refractivity contribution in [3.8, 4) is 0 Å². The summed E-state index contributed by atoms with van der Waals surface area (Å²) in [6.45, 7) is -0.0348. The Morgan fingerprint density at radius 2 is 1.88 bits per heavy atom. The summed E-state index contributed by atoms with van der Waals surface area (Å²) in [7, 11) is 0. The van der Waals surface area contributed by atoms with Crippen molar-refractivity contribution in [3.05, 3.63) is 64.4 Å². The summed E-state index contributed by atoms with van der Waals surface area (Å²) in [4.78, 5) is 23.5. The molecule has 0 aliphatic carbocycles. The van der Waals surface area contributed by atoms with Gasteiger partial charge in [-0.15, -0.1) is 0 Å². The van der Waals surface area contributed by atoms with E-state index in [2.05, 4.69) is 5.32 Å². The van der Waals surface area contributed by atoms with Crippen molar-refractivity contribution in [2.24, 2.45) is 0 Å². The molecule has 5 nitrogen and oxygen atoms in total. The number of ether oxygens (including phenoxy) is 1. The number of nitrogens with one attached hydrogen (secondary N) is 1. The Hall–Kier alpha value is -2.60. The van der Waals surface area contributed by atoms with Crippen molar-refractivity contribution in [1.29, 1.82) is 0 Å². The molecule has 0 saturated carbocycles. The number of anilines is 1. The van der Waals surface area contributed by atoms with Gasteiger partial charge in [-0.2, -0.15) is 0 Å². The lowest BCUT2D eigenvalue weighted by molar-refractivity contribution is -0.124. The molecule has 0 unspecified atom stereocenters. The number of esters is 1. The lowest BCUT2D eigenvalue weighted by Gasteiger charge is -2.08. The van der Waals surface area contributed by atoms with Gasteiger partial charge in [0.15, 0.2) is 6.61 Å². The number of halogens is 2. The van der Waals surface area contributed by atoms with Crippen molar-refractivity contribution < 1.29 is 18.7 Å². The number of nitrogen functional groups attached to an aromatic ring is 1. The highest BCUT2D eigenvalue weighted by Crippen LogP contribution is 2.14. The molecule has 0 aromatic heterocycles. The Morgan fingerprint density at radius 1 is 1.17 bits per heavy atom. The lowest BCUT2D eigenvalue weighted by Crippen LogP contribution is -2.30. The molecule has 0 radical (unpaired) electrons. The molecule has 0 heterocycles. The van der Waals surface area contributed by atoms with Gasteiger partial charge in [0.1, 0.15) is 5.82 Å². The van der Waals surface area contributed by atoms with Crippen LogP contribution in [0.25, 0.3) is 0 Å². The third kappa shape index (κ3) is 5.24. The van der Waals surface area contributed by atoms with Gasteiger partial charge in [0.25, 0.3) is 5.91 Å². The van der Waals surface area contributed by atoms with Crippen LogP contribution in [0.4, 0.5) is 10.1 Å². The van der Waals surface area contributed by atoms with E-state index in [1.807, 2.05) is 12.1 Å². The average molecular weight is 351 g/mol.